The standard InChI is InChI=1S/C14H17NO4/c16-13-3-1-2-9-4-5-10(6-12(9)13)18-8-11-7-15-14(17)19-11/h4-6,11,13,16H,1-3,7-8H2,(H,15,17)/t11?,13-/m0/s1. The molecule has 0 aromatic heterocycles. The first-order chi connectivity index (χ1) is 9.22. The summed E-state index contributed by atoms with van der Waals surface area (Å²) < 4.78 is 10.6. The fraction of sp³-hybridized carbons (Fsp3) is 0.500. The Hall–Kier alpha value is -1.75. The SMILES string of the molecule is O=C1NCC(COc2ccc3c(c2)[C@@H](O)CCC3)O1. The number of hydrogen-bond acceptors (Lipinski definition) is 4. The maximum absolute atomic E-state index is 10.9. The number of nitrogens with one attached hydrogen (secondary N) is 1. The lowest BCUT2D eigenvalue weighted by Crippen LogP contribution is -2.22. The van der Waals surface area contributed by atoms with Crippen LogP contribution < -0.4 is 10.1 Å². The molecule has 2 atom stereocenters. The quantitative estimate of drug-likeness (QED) is 0.868. The van der Waals surface area contributed by atoms with Crippen LogP contribution in [0.1, 0.15) is 30.1 Å². The predicted molar refractivity (Wildman–Crippen MR) is 68.1 cm³/mol. The Kier molecular flexibility index (Phi) is 3.29. The molecule has 2 aliphatic rings. The zero-order valence-corrected chi connectivity index (χ0v) is 10.6. The molecule has 3 rings (SSSR count). The number of aliphatic hydroxyl groups excluding tert-OH is 1. The molecule has 5 nitrogen and oxygen atoms in total. The van der Waals surface area contributed by atoms with Crippen molar-refractivity contribution in [1.82, 2.24) is 5.32 Å². The molecule has 1 aliphatic carbocycles. The van der Waals surface area contributed by atoms with Gasteiger partial charge in [0, 0.05) is 0 Å². The van der Waals surface area contributed by atoms with Crippen molar-refractivity contribution in [3.8, 4) is 5.75 Å². The van der Waals surface area contributed by atoms with Crippen LogP contribution in [0.2, 0.25) is 0 Å². The van der Waals surface area contributed by atoms with Crippen LogP contribution in [0.25, 0.3) is 0 Å². The van der Waals surface area contributed by atoms with E-state index in [1.165, 1.54) is 5.56 Å². The van der Waals surface area contributed by atoms with Crippen molar-refractivity contribution in [3.05, 3.63) is 29.3 Å². The van der Waals surface area contributed by atoms with Crippen molar-refractivity contribution in [2.45, 2.75) is 31.5 Å². The number of benzene rings is 1. The van der Waals surface area contributed by atoms with Gasteiger partial charge in [-0.1, -0.05) is 6.07 Å². The molecule has 1 unspecified atom stereocenters. The highest BCUT2D eigenvalue weighted by atomic mass is 16.6. The number of cyclic esters (lactones) is 1. The minimum atomic E-state index is -0.394. The average molecular weight is 263 g/mol. The van der Waals surface area contributed by atoms with Crippen LogP contribution in [0.4, 0.5) is 4.79 Å². The Balaban J connectivity index is 1.65. The van der Waals surface area contributed by atoms with E-state index in [9.17, 15) is 9.90 Å². The topological polar surface area (TPSA) is 67.8 Å². The van der Waals surface area contributed by atoms with Gasteiger partial charge in [0.05, 0.1) is 12.6 Å². The first kappa shape index (κ1) is 12.3. The number of alkyl carbamates (subject to hydrolysis) is 1. The van der Waals surface area contributed by atoms with Gasteiger partial charge in [-0.2, -0.15) is 0 Å². The van der Waals surface area contributed by atoms with E-state index in [1.807, 2.05) is 18.2 Å². The molecule has 1 aromatic carbocycles. The molecule has 0 bridgehead atoms. The lowest BCUT2D eigenvalue weighted by atomic mass is 9.89. The highest BCUT2D eigenvalue weighted by Gasteiger charge is 2.23. The van der Waals surface area contributed by atoms with Crippen molar-refractivity contribution in [3.63, 3.8) is 0 Å². The van der Waals surface area contributed by atoms with Gasteiger partial charge in [-0.3, -0.25) is 0 Å². The van der Waals surface area contributed by atoms with Crippen molar-refractivity contribution in [2.24, 2.45) is 0 Å². The smallest absolute Gasteiger partial charge is 0.407 e. The summed E-state index contributed by atoms with van der Waals surface area (Å²) >= 11 is 0. The molecule has 5 heteroatoms. The van der Waals surface area contributed by atoms with Crippen LogP contribution in [0.5, 0.6) is 5.75 Å². The van der Waals surface area contributed by atoms with Crippen molar-refractivity contribution in [1.29, 1.82) is 0 Å². The molecule has 1 aromatic rings. The lowest BCUT2D eigenvalue weighted by Gasteiger charge is -2.22. The number of ether oxygens (including phenoxy) is 2. The summed E-state index contributed by atoms with van der Waals surface area (Å²) in [4.78, 5) is 10.9. The summed E-state index contributed by atoms with van der Waals surface area (Å²) in [5.41, 5.74) is 2.16. The van der Waals surface area contributed by atoms with Gasteiger partial charge in [0.1, 0.15) is 12.4 Å². The summed E-state index contributed by atoms with van der Waals surface area (Å²) in [6.45, 7) is 0.806. The normalized spacial score (nSPS) is 25.4. The van der Waals surface area contributed by atoms with E-state index in [4.69, 9.17) is 9.47 Å². The van der Waals surface area contributed by atoms with Crippen LogP contribution in [-0.4, -0.2) is 30.5 Å². The predicted octanol–water partition coefficient (Wildman–Crippen LogP) is 1.54. The molecule has 0 saturated carbocycles. The van der Waals surface area contributed by atoms with E-state index >= 15 is 0 Å². The van der Waals surface area contributed by atoms with E-state index in [0.29, 0.717) is 18.9 Å². The first-order valence-electron chi connectivity index (χ1n) is 6.60. The Labute approximate surface area is 111 Å². The second-order valence-electron chi connectivity index (χ2n) is 4.99. The molecular weight excluding hydrogens is 246 g/mol. The molecule has 1 aliphatic heterocycles. The van der Waals surface area contributed by atoms with Crippen LogP contribution >= 0.6 is 0 Å². The minimum Gasteiger partial charge on any atom is -0.490 e. The minimum absolute atomic E-state index is 0.242. The van der Waals surface area contributed by atoms with Crippen LogP contribution in [0.3, 0.4) is 0 Å². The molecule has 1 amide bonds. The first-order valence-corrected chi connectivity index (χ1v) is 6.60. The van der Waals surface area contributed by atoms with Gasteiger partial charge in [-0.25, -0.2) is 4.79 Å². The Morgan fingerprint density at radius 1 is 1.47 bits per heavy atom. The average Bonchev–Trinajstić information content (AvgIpc) is 2.83. The Morgan fingerprint density at radius 2 is 2.37 bits per heavy atom. The van der Waals surface area contributed by atoms with E-state index in [-0.39, 0.29) is 6.10 Å². The summed E-state index contributed by atoms with van der Waals surface area (Å²) in [5, 5.41) is 12.5. The lowest BCUT2D eigenvalue weighted by molar-refractivity contribution is 0.104. The van der Waals surface area contributed by atoms with Gasteiger partial charge in [0.2, 0.25) is 0 Å². The number of carbonyl (C=O) groups excluding carboxylic acids is 1. The number of carbonyl (C=O) groups is 1. The third kappa shape index (κ3) is 2.66. The van der Waals surface area contributed by atoms with E-state index in [2.05, 4.69) is 5.32 Å². The van der Waals surface area contributed by atoms with Crippen molar-refractivity contribution < 1.29 is 19.4 Å². The molecule has 0 spiro atoms. The third-order valence-electron chi connectivity index (χ3n) is 3.58. The van der Waals surface area contributed by atoms with Gasteiger partial charge >= 0.3 is 6.09 Å². The largest absolute Gasteiger partial charge is 0.490 e. The maximum atomic E-state index is 10.9. The highest BCUT2D eigenvalue weighted by Crippen LogP contribution is 2.32. The highest BCUT2D eigenvalue weighted by molar-refractivity contribution is 5.69. The molecule has 2 N–H and O–H groups in total. The molecule has 19 heavy (non-hydrogen) atoms. The number of aryl methyl sites for hydroxylation is 1. The second kappa shape index (κ2) is 5.09. The molecule has 1 fully saturated rings. The summed E-state index contributed by atoms with van der Waals surface area (Å²) in [7, 11) is 0. The third-order valence-corrected chi connectivity index (χ3v) is 3.58. The Bertz CT molecular complexity index is 488. The monoisotopic (exact) mass is 263 g/mol. The van der Waals surface area contributed by atoms with E-state index in [1.54, 1.807) is 0 Å². The van der Waals surface area contributed by atoms with E-state index in [0.717, 1.165) is 24.8 Å². The summed E-state index contributed by atoms with van der Waals surface area (Å²) in [5.74, 6) is 0.711. The zero-order valence-electron chi connectivity index (χ0n) is 10.6. The number of fused-ring (bicyclic) bond motifs is 1. The fourth-order valence-corrected chi connectivity index (χ4v) is 2.56. The number of aliphatic hydroxyl groups is 1. The number of amides is 1. The zero-order chi connectivity index (χ0) is 13.2. The Morgan fingerprint density at radius 3 is 3.16 bits per heavy atom. The maximum Gasteiger partial charge on any atom is 0.407 e. The summed E-state index contributed by atoms with van der Waals surface area (Å²) in [6.07, 6.45) is 1.82. The van der Waals surface area contributed by atoms with Crippen molar-refractivity contribution in [2.75, 3.05) is 13.2 Å². The molecule has 1 saturated heterocycles. The van der Waals surface area contributed by atoms with E-state index < -0.39 is 12.2 Å². The van der Waals surface area contributed by atoms with Gasteiger partial charge in [-0.05, 0) is 42.5 Å². The molecule has 0 radical (unpaired) electrons. The van der Waals surface area contributed by atoms with Gasteiger partial charge in [0.25, 0.3) is 0 Å². The molecule has 102 valence electrons. The molecular formula is C14H17NO4. The van der Waals surface area contributed by atoms with Crippen LogP contribution in [0.15, 0.2) is 18.2 Å². The van der Waals surface area contributed by atoms with Crippen LogP contribution in [0, 0.1) is 0 Å². The second-order valence-corrected chi connectivity index (χ2v) is 4.99. The van der Waals surface area contributed by atoms with Crippen LogP contribution in [-0.2, 0) is 11.2 Å². The van der Waals surface area contributed by atoms with Gasteiger partial charge in [-0.15, -0.1) is 0 Å². The van der Waals surface area contributed by atoms with Gasteiger partial charge < -0.3 is 19.9 Å². The number of hydrogen-bond donors (Lipinski definition) is 2. The fourth-order valence-electron chi connectivity index (χ4n) is 2.56. The summed E-state index contributed by atoms with van der Waals surface area (Å²) in [6, 6.07) is 5.80. The van der Waals surface area contributed by atoms with Gasteiger partial charge in [0.15, 0.2) is 6.10 Å². The molecule has 1 heterocycles. The van der Waals surface area contributed by atoms with Crippen molar-refractivity contribution >= 4 is 6.09 Å². The number of rotatable bonds is 3.